The molecule has 0 aliphatic carbocycles. The van der Waals surface area contributed by atoms with Crippen molar-refractivity contribution in [1.29, 1.82) is 0 Å². The number of hydrogen-bond donors (Lipinski definition) is 0. The standard InChI is InChI=1S/C16H17NO2S/c1-20-15-8-6-14(7-9-15)16(18)19-11-3-5-13-4-2-10-17-12-13/h2,4,6-10,12H,3,5,11H2,1H3. The normalized spacial score (nSPS) is 10.2. The van der Waals surface area contributed by atoms with Gasteiger partial charge < -0.3 is 4.74 Å². The molecular weight excluding hydrogens is 270 g/mol. The van der Waals surface area contributed by atoms with Gasteiger partial charge in [-0.15, -0.1) is 11.8 Å². The second-order valence-electron chi connectivity index (χ2n) is 4.33. The van der Waals surface area contributed by atoms with Crippen LogP contribution in [0.5, 0.6) is 0 Å². The molecule has 0 bridgehead atoms. The zero-order valence-electron chi connectivity index (χ0n) is 11.4. The molecule has 0 amide bonds. The first-order valence-electron chi connectivity index (χ1n) is 6.49. The summed E-state index contributed by atoms with van der Waals surface area (Å²) < 4.78 is 5.26. The molecule has 0 saturated heterocycles. The van der Waals surface area contributed by atoms with Crippen LogP contribution >= 0.6 is 11.8 Å². The first kappa shape index (κ1) is 14.6. The highest BCUT2D eigenvalue weighted by Crippen LogP contribution is 2.15. The van der Waals surface area contributed by atoms with Crippen molar-refractivity contribution in [2.24, 2.45) is 0 Å². The van der Waals surface area contributed by atoms with Gasteiger partial charge in [-0.2, -0.15) is 0 Å². The summed E-state index contributed by atoms with van der Waals surface area (Å²) in [6.07, 6.45) is 7.27. The van der Waals surface area contributed by atoms with Crippen LogP contribution < -0.4 is 0 Å². The number of nitrogens with zero attached hydrogens (tertiary/aromatic N) is 1. The summed E-state index contributed by atoms with van der Waals surface area (Å²) in [7, 11) is 0. The Labute approximate surface area is 123 Å². The van der Waals surface area contributed by atoms with Gasteiger partial charge in [-0.25, -0.2) is 4.79 Å². The number of benzene rings is 1. The van der Waals surface area contributed by atoms with Crippen molar-refractivity contribution < 1.29 is 9.53 Å². The van der Waals surface area contributed by atoms with E-state index >= 15 is 0 Å². The smallest absolute Gasteiger partial charge is 0.338 e. The van der Waals surface area contributed by atoms with Crippen LogP contribution in [0.2, 0.25) is 0 Å². The van der Waals surface area contributed by atoms with E-state index in [1.54, 1.807) is 30.1 Å². The Hall–Kier alpha value is -1.81. The molecule has 0 N–H and O–H groups in total. The van der Waals surface area contributed by atoms with E-state index in [1.165, 1.54) is 0 Å². The molecule has 0 radical (unpaired) electrons. The van der Waals surface area contributed by atoms with Crippen LogP contribution in [-0.2, 0) is 11.2 Å². The monoisotopic (exact) mass is 287 g/mol. The average Bonchev–Trinajstić information content (AvgIpc) is 2.52. The summed E-state index contributed by atoms with van der Waals surface area (Å²) in [6.45, 7) is 0.429. The molecule has 1 aromatic carbocycles. The third-order valence-corrected chi connectivity index (χ3v) is 3.64. The summed E-state index contributed by atoms with van der Waals surface area (Å²) in [6, 6.07) is 11.4. The minimum Gasteiger partial charge on any atom is -0.462 e. The highest BCUT2D eigenvalue weighted by atomic mass is 32.2. The molecule has 0 fully saturated rings. The Balaban J connectivity index is 1.74. The number of pyridine rings is 1. The molecule has 2 rings (SSSR count). The second kappa shape index (κ2) is 7.70. The molecule has 20 heavy (non-hydrogen) atoms. The van der Waals surface area contributed by atoms with Gasteiger partial charge in [0.25, 0.3) is 0 Å². The molecule has 1 heterocycles. The van der Waals surface area contributed by atoms with E-state index in [0.29, 0.717) is 12.2 Å². The number of carbonyl (C=O) groups is 1. The molecule has 0 saturated carbocycles. The van der Waals surface area contributed by atoms with Crippen LogP contribution in [0.3, 0.4) is 0 Å². The van der Waals surface area contributed by atoms with E-state index in [9.17, 15) is 4.79 Å². The van der Waals surface area contributed by atoms with E-state index in [-0.39, 0.29) is 5.97 Å². The lowest BCUT2D eigenvalue weighted by molar-refractivity contribution is 0.0500. The first-order chi connectivity index (χ1) is 9.79. The molecule has 3 nitrogen and oxygen atoms in total. The predicted octanol–water partition coefficient (Wildman–Crippen LogP) is 3.59. The highest BCUT2D eigenvalue weighted by molar-refractivity contribution is 7.98. The first-order valence-corrected chi connectivity index (χ1v) is 7.72. The second-order valence-corrected chi connectivity index (χ2v) is 5.21. The van der Waals surface area contributed by atoms with Crippen molar-refractivity contribution >= 4 is 17.7 Å². The molecule has 0 spiro atoms. The number of esters is 1. The Morgan fingerprint density at radius 1 is 1.25 bits per heavy atom. The van der Waals surface area contributed by atoms with Gasteiger partial charge in [-0.1, -0.05) is 6.07 Å². The fourth-order valence-corrected chi connectivity index (χ4v) is 2.21. The van der Waals surface area contributed by atoms with Gasteiger partial charge in [0.1, 0.15) is 0 Å². The van der Waals surface area contributed by atoms with Gasteiger partial charge in [0, 0.05) is 17.3 Å². The number of carbonyl (C=O) groups excluding carboxylic acids is 1. The lowest BCUT2D eigenvalue weighted by Gasteiger charge is -2.05. The Kier molecular flexibility index (Phi) is 5.62. The maximum absolute atomic E-state index is 11.8. The van der Waals surface area contributed by atoms with Crippen molar-refractivity contribution in [3.8, 4) is 0 Å². The van der Waals surface area contributed by atoms with Gasteiger partial charge >= 0.3 is 5.97 Å². The largest absolute Gasteiger partial charge is 0.462 e. The van der Waals surface area contributed by atoms with E-state index in [2.05, 4.69) is 4.98 Å². The minimum atomic E-state index is -0.260. The number of ether oxygens (including phenoxy) is 1. The molecule has 4 heteroatoms. The quantitative estimate of drug-likeness (QED) is 0.462. The van der Waals surface area contributed by atoms with Crippen molar-refractivity contribution in [2.75, 3.05) is 12.9 Å². The van der Waals surface area contributed by atoms with Crippen LogP contribution in [0.15, 0.2) is 53.7 Å². The number of thioether (sulfide) groups is 1. The number of rotatable bonds is 6. The zero-order chi connectivity index (χ0) is 14.2. The zero-order valence-corrected chi connectivity index (χ0v) is 12.2. The summed E-state index contributed by atoms with van der Waals surface area (Å²) in [5.74, 6) is -0.260. The summed E-state index contributed by atoms with van der Waals surface area (Å²) in [5, 5.41) is 0. The molecule has 1 aromatic heterocycles. The SMILES string of the molecule is CSc1ccc(C(=O)OCCCc2cccnc2)cc1. The van der Waals surface area contributed by atoms with Crippen molar-refractivity contribution in [1.82, 2.24) is 4.98 Å². The van der Waals surface area contributed by atoms with Gasteiger partial charge in [0.2, 0.25) is 0 Å². The maximum atomic E-state index is 11.8. The molecule has 0 atom stereocenters. The predicted molar refractivity (Wildman–Crippen MR) is 81.1 cm³/mol. The Morgan fingerprint density at radius 2 is 2.05 bits per heavy atom. The van der Waals surface area contributed by atoms with E-state index in [0.717, 1.165) is 23.3 Å². The summed E-state index contributed by atoms with van der Waals surface area (Å²) in [4.78, 5) is 17.0. The lowest BCUT2D eigenvalue weighted by Crippen LogP contribution is -2.07. The van der Waals surface area contributed by atoms with E-state index in [4.69, 9.17) is 4.74 Å². The molecule has 2 aromatic rings. The molecular formula is C16H17NO2S. The number of aryl methyl sites for hydroxylation is 1. The van der Waals surface area contributed by atoms with Gasteiger partial charge in [0.15, 0.2) is 0 Å². The van der Waals surface area contributed by atoms with Crippen LogP contribution in [0, 0.1) is 0 Å². The van der Waals surface area contributed by atoms with Crippen LogP contribution in [0.1, 0.15) is 22.3 Å². The van der Waals surface area contributed by atoms with Crippen molar-refractivity contribution in [2.45, 2.75) is 17.7 Å². The van der Waals surface area contributed by atoms with Gasteiger partial charge in [-0.05, 0) is 55.0 Å². The third kappa shape index (κ3) is 4.38. The molecule has 0 unspecified atom stereocenters. The fraction of sp³-hybridized carbons (Fsp3) is 0.250. The van der Waals surface area contributed by atoms with E-state index < -0.39 is 0 Å². The van der Waals surface area contributed by atoms with E-state index in [1.807, 2.05) is 36.7 Å². The summed E-state index contributed by atoms with van der Waals surface area (Å²) >= 11 is 1.65. The molecule has 0 aliphatic heterocycles. The maximum Gasteiger partial charge on any atom is 0.338 e. The average molecular weight is 287 g/mol. The summed E-state index contributed by atoms with van der Waals surface area (Å²) in [5.41, 5.74) is 1.76. The van der Waals surface area contributed by atoms with Crippen molar-refractivity contribution in [3.05, 3.63) is 59.9 Å². The fourth-order valence-electron chi connectivity index (χ4n) is 1.80. The van der Waals surface area contributed by atoms with Crippen molar-refractivity contribution in [3.63, 3.8) is 0 Å². The number of hydrogen-bond acceptors (Lipinski definition) is 4. The molecule has 0 aliphatic rings. The topological polar surface area (TPSA) is 39.2 Å². The lowest BCUT2D eigenvalue weighted by atomic mass is 10.2. The van der Waals surface area contributed by atoms with Crippen LogP contribution in [0.25, 0.3) is 0 Å². The highest BCUT2D eigenvalue weighted by Gasteiger charge is 2.06. The third-order valence-electron chi connectivity index (χ3n) is 2.89. The minimum absolute atomic E-state index is 0.260. The van der Waals surface area contributed by atoms with Crippen LogP contribution in [-0.4, -0.2) is 23.8 Å². The Morgan fingerprint density at radius 3 is 2.70 bits per heavy atom. The van der Waals surface area contributed by atoms with Crippen LogP contribution in [0.4, 0.5) is 0 Å². The number of aromatic nitrogens is 1. The molecule has 104 valence electrons. The Bertz CT molecular complexity index is 540. The van der Waals surface area contributed by atoms with Gasteiger partial charge in [0.05, 0.1) is 12.2 Å². The van der Waals surface area contributed by atoms with Gasteiger partial charge in [-0.3, -0.25) is 4.98 Å².